The monoisotopic (exact) mass is 519 g/mol. The van der Waals surface area contributed by atoms with Crippen LogP contribution in [0.3, 0.4) is 0 Å². The number of ether oxygens (including phenoxy) is 1. The van der Waals surface area contributed by atoms with E-state index in [2.05, 4.69) is 38.3 Å². The van der Waals surface area contributed by atoms with Crippen molar-refractivity contribution in [2.24, 2.45) is 11.3 Å². The maximum Gasteiger partial charge on any atom is 0.338 e. The van der Waals surface area contributed by atoms with Gasteiger partial charge < -0.3 is 15.4 Å². The van der Waals surface area contributed by atoms with Crippen LogP contribution in [0.5, 0.6) is 0 Å². The smallest absolute Gasteiger partial charge is 0.338 e. The Morgan fingerprint density at radius 3 is 2.42 bits per heavy atom. The molecule has 0 spiro atoms. The first-order chi connectivity index (χ1) is 18.0. The van der Waals surface area contributed by atoms with Crippen molar-refractivity contribution < 1.29 is 19.1 Å². The molecule has 2 N–H and O–H groups in total. The second-order valence-corrected chi connectivity index (χ2v) is 11.1. The fourth-order valence-corrected chi connectivity index (χ4v) is 5.12. The second-order valence-electron chi connectivity index (χ2n) is 11.1. The number of anilines is 1. The molecule has 0 saturated heterocycles. The number of benzene rings is 2. The number of nitrogens with one attached hydrogen (secondary N) is 2. The average molecular weight is 520 g/mol. The van der Waals surface area contributed by atoms with Crippen LogP contribution in [0.4, 0.5) is 10.5 Å². The van der Waals surface area contributed by atoms with Gasteiger partial charge >= 0.3 is 12.0 Å². The van der Waals surface area contributed by atoms with E-state index in [9.17, 15) is 14.4 Å². The van der Waals surface area contributed by atoms with E-state index in [0.717, 1.165) is 18.4 Å². The highest BCUT2D eigenvalue weighted by Gasteiger charge is 2.38. The molecule has 1 aliphatic rings. The molecule has 204 valence electrons. The lowest BCUT2D eigenvalue weighted by molar-refractivity contribution is -0.139. The van der Waals surface area contributed by atoms with E-state index in [0.29, 0.717) is 35.5 Å². The van der Waals surface area contributed by atoms with Gasteiger partial charge in [0.2, 0.25) is 5.91 Å². The number of rotatable bonds is 10. The largest absolute Gasteiger partial charge is 0.463 e. The molecule has 1 heterocycles. The summed E-state index contributed by atoms with van der Waals surface area (Å²) in [5.74, 6) is -0.304. The Morgan fingerprint density at radius 1 is 1.08 bits per heavy atom. The Labute approximate surface area is 226 Å². The van der Waals surface area contributed by atoms with Crippen LogP contribution in [-0.2, 0) is 14.3 Å². The van der Waals surface area contributed by atoms with Gasteiger partial charge in [0.1, 0.15) is 0 Å². The minimum absolute atomic E-state index is 0.0631. The molecule has 0 radical (unpaired) electrons. The van der Waals surface area contributed by atoms with Crippen LogP contribution < -0.4 is 10.6 Å². The minimum atomic E-state index is -0.735. The maximum atomic E-state index is 13.4. The van der Waals surface area contributed by atoms with Gasteiger partial charge in [-0.2, -0.15) is 0 Å². The molecule has 0 saturated carbocycles. The molecule has 38 heavy (non-hydrogen) atoms. The second kappa shape index (κ2) is 12.8. The Kier molecular flexibility index (Phi) is 9.72. The Balaban J connectivity index is 2.00. The maximum absolute atomic E-state index is 13.4. The van der Waals surface area contributed by atoms with Crippen LogP contribution in [0.25, 0.3) is 5.70 Å². The number of carbonyl (C=O) groups excluding carboxylic acids is 3. The van der Waals surface area contributed by atoms with E-state index in [1.807, 2.05) is 61.5 Å². The number of carbonyl (C=O) groups is 3. The molecule has 7 heteroatoms. The lowest BCUT2D eigenvalue weighted by Gasteiger charge is -2.37. The van der Waals surface area contributed by atoms with Gasteiger partial charge in [-0.3, -0.25) is 9.69 Å². The SMILES string of the molecule is CCCN1C(=O)N[C@H](c2cccc(NC(=O)C[C@H](C)CC(C)(C)C)c2)C(C(=O)OCC)=C1c1ccccc1. The highest BCUT2D eigenvalue weighted by atomic mass is 16.5. The third-order valence-corrected chi connectivity index (χ3v) is 6.31. The highest BCUT2D eigenvalue weighted by Crippen LogP contribution is 2.37. The summed E-state index contributed by atoms with van der Waals surface area (Å²) >= 11 is 0. The predicted molar refractivity (Wildman–Crippen MR) is 151 cm³/mol. The number of hydrogen-bond acceptors (Lipinski definition) is 4. The zero-order valence-corrected chi connectivity index (χ0v) is 23.5. The number of urea groups is 1. The van der Waals surface area contributed by atoms with Gasteiger partial charge in [-0.15, -0.1) is 0 Å². The zero-order chi connectivity index (χ0) is 27.9. The van der Waals surface area contributed by atoms with Gasteiger partial charge in [-0.05, 0) is 54.4 Å². The van der Waals surface area contributed by atoms with Crippen LogP contribution >= 0.6 is 0 Å². The molecule has 7 nitrogen and oxygen atoms in total. The van der Waals surface area contributed by atoms with Crippen LogP contribution in [0.2, 0.25) is 0 Å². The molecule has 0 aliphatic carbocycles. The average Bonchev–Trinajstić information content (AvgIpc) is 2.84. The van der Waals surface area contributed by atoms with Gasteiger partial charge in [0.25, 0.3) is 0 Å². The van der Waals surface area contributed by atoms with E-state index in [-0.39, 0.29) is 29.9 Å². The molecule has 2 aromatic carbocycles. The molecule has 0 unspecified atom stereocenters. The predicted octanol–water partition coefficient (Wildman–Crippen LogP) is 6.54. The summed E-state index contributed by atoms with van der Waals surface area (Å²) in [6.07, 6.45) is 2.08. The van der Waals surface area contributed by atoms with E-state index < -0.39 is 12.0 Å². The normalized spacial score (nSPS) is 16.6. The molecule has 3 amide bonds. The lowest BCUT2D eigenvalue weighted by Crippen LogP contribution is -2.48. The topological polar surface area (TPSA) is 87.7 Å². The summed E-state index contributed by atoms with van der Waals surface area (Å²) in [6, 6.07) is 15.7. The highest BCUT2D eigenvalue weighted by molar-refractivity contribution is 6.04. The minimum Gasteiger partial charge on any atom is -0.463 e. The summed E-state index contributed by atoms with van der Waals surface area (Å²) < 4.78 is 5.48. The van der Waals surface area contributed by atoms with Crippen molar-refractivity contribution in [1.82, 2.24) is 10.2 Å². The van der Waals surface area contributed by atoms with Crippen LogP contribution in [0.15, 0.2) is 60.2 Å². The molecule has 0 bridgehead atoms. The molecule has 0 fully saturated rings. The van der Waals surface area contributed by atoms with Crippen LogP contribution in [0, 0.1) is 11.3 Å². The van der Waals surface area contributed by atoms with Crippen molar-refractivity contribution >= 4 is 29.3 Å². The van der Waals surface area contributed by atoms with Gasteiger partial charge in [-0.1, -0.05) is 77.1 Å². The van der Waals surface area contributed by atoms with Crippen molar-refractivity contribution in [2.45, 2.75) is 66.8 Å². The standard InChI is InChI=1S/C31H41N3O4/c1-7-17-34-28(22-13-10-9-11-14-22)26(29(36)38-8-2)27(33-30(34)37)23-15-12-16-24(19-23)32-25(35)18-21(3)20-31(4,5)6/h9-16,19,21,27H,7-8,17-18,20H2,1-6H3,(H,32,35)(H,33,37)/t21-,27+/m0/s1. The molecule has 0 aromatic heterocycles. The number of nitrogens with zero attached hydrogens (tertiary/aromatic N) is 1. The molecule has 2 aromatic rings. The quantitative estimate of drug-likeness (QED) is 0.349. The summed E-state index contributed by atoms with van der Waals surface area (Å²) in [7, 11) is 0. The van der Waals surface area contributed by atoms with E-state index in [4.69, 9.17) is 4.74 Å². The summed E-state index contributed by atoms with van der Waals surface area (Å²) in [4.78, 5) is 41.1. The first kappa shape index (κ1) is 29.0. The zero-order valence-electron chi connectivity index (χ0n) is 23.5. The third-order valence-electron chi connectivity index (χ3n) is 6.31. The molecular weight excluding hydrogens is 478 g/mol. The van der Waals surface area contributed by atoms with E-state index in [1.165, 1.54) is 0 Å². The van der Waals surface area contributed by atoms with Crippen molar-refractivity contribution in [3.63, 3.8) is 0 Å². The van der Waals surface area contributed by atoms with Crippen molar-refractivity contribution in [3.8, 4) is 0 Å². The summed E-state index contributed by atoms with van der Waals surface area (Å²) in [6.45, 7) is 13.0. The van der Waals surface area contributed by atoms with Crippen molar-refractivity contribution in [3.05, 3.63) is 71.3 Å². The Bertz CT molecular complexity index is 1170. The summed E-state index contributed by atoms with van der Waals surface area (Å²) in [5.41, 5.74) is 3.13. The van der Waals surface area contributed by atoms with Crippen molar-refractivity contribution in [1.29, 1.82) is 0 Å². The van der Waals surface area contributed by atoms with Crippen molar-refractivity contribution in [2.75, 3.05) is 18.5 Å². The first-order valence-electron chi connectivity index (χ1n) is 13.5. The molecular formula is C31H41N3O4. The van der Waals surface area contributed by atoms with Crippen LogP contribution in [-0.4, -0.2) is 36.0 Å². The van der Waals surface area contributed by atoms with Gasteiger partial charge in [-0.25, -0.2) is 9.59 Å². The van der Waals surface area contributed by atoms with Crippen LogP contribution in [0.1, 0.15) is 78.0 Å². The number of hydrogen-bond donors (Lipinski definition) is 2. The van der Waals surface area contributed by atoms with E-state index in [1.54, 1.807) is 11.8 Å². The summed E-state index contributed by atoms with van der Waals surface area (Å²) in [5, 5.41) is 6.01. The van der Waals surface area contributed by atoms with Gasteiger partial charge in [0.15, 0.2) is 0 Å². The fraction of sp³-hybridized carbons (Fsp3) is 0.452. The molecule has 3 rings (SSSR count). The number of amides is 3. The first-order valence-corrected chi connectivity index (χ1v) is 13.5. The fourth-order valence-electron chi connectivity index (χ4n) is 5.12. The van der Waals surface area contributed by atoms with Gasteiger partial charge in [0, 0.05) is 18.7 Å². The number of esters is 1. The Hall–Kier alpha value is -3.61. The molecule has 1 aliphatic heterocycles. The Morgan fingerprint density at radius 2 is 1.79 bits per heavy atom. The van der Waals surface area contributed by atoms with Gasteiger partial charge in [0.05, 0.1) is 23.9 Å². The lowest BCUT2D eigenvalue weighted by atomic mass is 9.84. The van der Waals surface area contributed by atoms with E-state index >= 15 is 0 Å². The molecule has 2 atom stereocenters. The third kappa shape index (κ3) is 7.46.